The van der Waals surface area contributed by atoms with E-state index in [0.717, 1.165) is 11.5 Å². The lowest BCUT2D eigenvalue weighted by Crippen LogP contribution is -2.10. The van der Waals surface area contributed by atoms with Crippen LogP contribution in [0.15, 0.2) is 18.5 Å². The summed E-state index contributed by atoms with van der Waals surface area (Å²) in [7, 11) is 0. The maximum atomic E-state index is 5.64. The molecule has 0 radical (unpaired) electrons. The van der Waals surface area contributed by atoms with Crippen LogP contribution >= 0.6 is 0 Å². The Labute approximate surface area is 95.1 Å². The molecule has 2 aromatic rings. The van der Waals surface area contributed by atoms with Gasteiger partial charge in [-0.25, -0.2) is 9.67 Å². The molecule has 1 aromatic heterocycles. The van der Waals surface area contributed by atoms with Crippen LogP contribution in [0.3, 0.4) is 0 Å². The zero-order valence-corrected chi connectivity index (χ0v) is 9.86. The van der Waals surface area contributed by atoms with Gasteiger partial charge in [-0.3, -0.25) is 0 Å². The number of nitrogens with two attached hydrogens (primary N) is 1. The molecular weight excluding hydrogens is 200 g/mol. The van der Waals surface area contributed by atoms with Crippen molar-refractivity contribution in [3.63, 3.8) is 0 Å². The van der Waals surface area contributed by atoms with Crippen molar-refractivity contribution >= 4 is 0 Å². The fourth-order valence-corrected chi connectivity index (χ4v) is 2.10. The number of hydrogen-bond acceptors (Lipinski definition) is 3. The molecule has 1 aromatic carbocycles. The van der Waals surface area contributed by atoms with Gasteiger partial charge in [-0.1, -0.05) is 17.7 Å². The SMILES string of the molecule is Cc1cc(C)c(-n2ncnc2CN)c(C)c1. The third-order valence-electron chi connectivity index (χ3n) is 2.65. The molecule has 2 N–H and O–H groups in total. The molecule has 0 fully saturated rings. The van der Waals surface area contributed by atoms with Gasteiger partial charge in [0.15, 0.2) is 0 Å². The van der Waals surface area contributed by atoms with Gasteiger partial charge in [0.1, 0.15) is 12.2 Å². The first-order chi connectivity index (χ1) is 7.63. The molecular formula is C12H16N4. The molecule has 16 heavy (non-hydrogen) atoms. The minimum Gasteiger partial charge on any atom is -0.324 e. The van der Waals surface area contributed by atoms with Crippen molar-refractivity contribution in [2.24, 2.45) is 5.73 Å². The number of hydrogen-bond donors (Lipinski definition) is 1. The number of nitrogens with zero attached hydrogens (tertiary/aromatic N) is 3. The molecule has 0 bridgehead atoms. The van der Waals surface area contributed by atoms with Crippen molar-refractivity contribution in [1.82, 2.24) is 14.8 Å². The summed E-state index contributed by atoms with van der Waals surface area (Å²) in [6, 6.07) is 4.29. The van der Waals surface area contributed by atoms with Gasteiger partial charge < -0.3 is 5.73 Å². The Bertz CT molecular complexity index is 490. The molecule has 0 saturated carbocycles. The summed E-state index contributed by atoms with van der Waals surface area (Å²) in [5, 5.41) is 4.23. The van der Waals surface area contributed by atoms with Crippen molar-refractivity contribution in [2.75, 3.05) is 0 Å². The van der Waals surface area contributed by atoms with Gasteiger partial charge in [0.05, 0.1) is 12.2 Å². The molecule has 1 heterocycles. The Kier molecular flexibility index (Phi) is 2.75. The minimum absolute atomic E-state index is 0.396. The third-order valence-corrected chi connectivity index (χ3v) is 2.65. The van der Waals surface area contributed by atoms with E-state index in [0.29, 0.717) is 6.54 Å². The largest absolute Gasteiger partial charge is 0.324 e. The Hall–Kier alpha value is -1.68. The fraction of sp³-hybridized carbons (Fsp3) is 0.333. The second kappa shape index (κ2) is 4.06. The number of aromatic nitrogens is 3. The highest BCUT2D eigenvalue weighted by molar-refractivity contribution is 5.48. The average molecular weight is 216 g/mol. The second-order valence-electron chi connectivity index (χ2n) is 4.04. The highest BCUT2D eigenvalue weighted by Crippen LogP contribution is 2.20. The fourth-order valence-electron chi connectivity index (χ4n) is 2.10. The van der Waals surface area contributed by atoms with Crippen molar-refractivity contribution < 1.29 is 0 Å². The number of rotatable bonds is 2. The van der Waals surface area contributed by atoms with Gasteiger partial charge in [-0.05, 0) is 31.9 Å². The molecule has 4 heteroatoms. The smallest absolute Gasteiger partial charge is 0.146 e. The molecule has 0 aliphatic rings. The van der Waals surface area contributed by atoms with E-state index in [1.54, 1.807) is 6.33 Å². The van der Waals surface area contributed by atoms with E-state index in [4.69, 9.17) is 5.73 Å². The van der Waals surface area contributed by atoms with E-state index in [-0.39, 0.29) is 0 Å². The van der Waals surface area contributed by atoms with Crippen LogP contribution in [0.5, 0.6) is 0 Å². The second-order valence-corrected chi connectivity index (χ2v) is 4.04. The van der Waals surface area contributed by atoms with Crippen molar-refractivity contribution in [2.45, 2.75) is 27.3 Å². The van der Waals surface area contributed by atoms with Crippen LogP contribution in [-0.4, -0.2) is 14.8 Å². The number of benzene rings is 1. The van der Waals surface area contributed by atoms with Gasteiger partial charge >= 0.3 is 0 Å². The summed E-state index contributed by atoms with van der Waals surface area (Å²) >= 11 is 0. The third kappa shape index (κ3) is 1.72. The quantitative estimate of drug-likeness (QED) is 0.830. The summed E-state index contributed by atoms with van der Waals surface area (Å²) in [6.45, 7) is 6.65. The Morgan fingerprint density at radius 3 is 2.38 bits per heavy atom. The molecule has 0 amide bonds. The lowest BCUT2D eigenvalue weighted by molar-refractivity contribution is 0.780. The monoisotopic (exact) mass is 216 g/mol. The summed E-state index contributed by atoms with van der Waals surface area (Å²) in [6.07, 6.45) is 1.54. The van der Waals surface area contributed by atoms with Gasteiger partial charge in [-0.2, -0.15) is 5.10 Å². The standard InChI is InChI=1S/C12H16N4/c1-8-4-9(2)12(10(3)5-8)16-11(6-13)14-7-15-16/h4-5,7H,6,13H2,1-3H3. The van der Waals surface area contributed by atoms with E-state index in [1.165, 1.54) is 16.7 Å². The van der Waals surface area contributed by atoms with E-state index in [2.05, 4.69) is 43.0 Å². The predicted octanol–water partition coefficient (Wildman–Crippen LogP) is 1.65. The molecule has 0 saturated heterocycles. The first-order valence-corrected chi connectivity index (χ1v) is 5.30. The van der Waals surface area contributed by atoms with Gasteiger partial charge in [0, 0.05) is 0 Å². The first kappa shape index (κ1) is 10.8. The molecule has 84 valence electrons. The van der Waals surface area contributed by atoms with Gasteiger partial charge in [-0.15, -0.1) is 0 Å². The van der Waals surface area contributed by atoms with E-state index >= 15 is 0 Å². The van der Waals surface area contributed by atoms with Crippen molar-refractivity contribution in [1.29, 1.82) is 0 Å². The molecule has 0 unspecified atom stereocenters. The van der Waals surface area contributed by atoms with Crippen LogP contribution in [0.2, 0.25) is 0 Å². The summed E-state index contributed by atoms with van der Waals surface area (Å²) < 4.78 is 1.82. The van der Waals surface area contributed by atoms with Crippen LogP contribution in [-0.2, 0) is 6.54 Å². The lowest BCUT2D eigenvalue weighted by atomic mass is 10.1. The Morgan fingerprint density at radius 2 is 1.81 bits per heavy atom. The van der Waals surface area contributed by atoms with Crippen LogP contribution < -0.4 is 5.73 Å². The highest BCUT2D eigenvalue weighted by Gasteiger charge is 2.10. The number of aryl methyl sites for hydroxylation is 3. The van der Waals surface area contributed by atoms with Crippen molar-refractivity contribution in [3.8, 4) is 5.69 Å². The zero-order chi connectivity index (χ0) is 11.7. The van der Waals surface area contributed by atoms with Gasteiger partial charge in [0.25, 0.3) is 0 Å². The molecule has 0 atom stereocenters. The van der Waals surface area contributed by atoms with Crippen molar-refractivity contribution in [3.05, 3.63) is 41.0 Å². The van der Waals surface area contributed by atoms with E-state index in [1.807, 2.05) is 4.68 Å². The summed E-state index contributed by atoms with van der Waals surface area (Å²) in [5.74, 6) is 0.787. The van der Waals surface area contributed by atoms with Gasteiger partial charge in [0.2, 0.25) is 0 Å². The molecule has 0 aliphatic heterocycles. The summed E-state index contributed by atoms with van der Waals surface area (Å²) in [5.41, 5.74) is 10.4. The van der Waals surface area contributed by atoms with Crippen LogP contribution in [0.1, 0.15) is 22.5 Å². The molecule has 0 spiro atoms. The first-order valence-electron chi connectivity index (χ1n) is 5.30. The summed E-state index contributed by atoms with van der Waals surface area (Å²) in [4.78, 5) is 4.14. The normalized spacial score (nSPS) is 10.8. The predicted molar refractivity (Wildman–Crippen MR) is 63.5 cm³/mol. The molecule has 0 aliphatic carbocycles. The molecule has 2 rings (SSSR count). The van der Waals surface area contributed by atoms with Crippen LogP contribution in [0.25, 0.3) is 5.69 Å². The minimum atomic E-state index is 0.396. The Balaban J connectivity index is 2.64. The highest BCUT2D eigenvalue weighted by atomic mass is 15.3. The van der Waals surface area contributed by atoms with Crippen LogP contribution in [0.4, 0.5) is 0 Å². The zero-order valence-electron chi connectivity index (χ0n) is 9.86. The average Bonchev–Trinajstić information content (AvgIpc) is 2.64. The lowest BCUT2D eigenvalue weighted by Gasteiger charge is -2.12. The van der Waals surface area contributed by atoms with E-state index < -0.39 is 0 Å². The van der Waals surface area contributed by atoms with E-state index in [9.17, 15) is 0 Å². The maximum absolute atomic E-state index is 5.64. The topological polar surface area (TPSA) is 56.7 Å². The Morgan fingerprint density at radius 1 is 1.19 bits per heavy atom. The van der Waals surface area contributed by atoms with Crippen LogP contribution in [0, 0.1) is 20.8 Å². The maximum Gasteiger partial charge on any atom is 0.146 e. The molecule has 4 nitrogen and oxygen atoms in total.